The highest BCUT2D eigenvalue weighted by Gasteiger charge is 1.93. The van der Waals surface area contributed by atoms with Gasteiger partial charge in [0, 0.05) is 25.9 Å². The van der Waals surface area contributed by atoms with Crippen molar-refractivity contribution in [3.8, 4) is 24.2 Å². The normalized spacial score (nSPS) is 8.57. The van der Waals surface area contributed by atoms with Crippen LogP contribution in [0.2, 0.25) is 0 Å². The molecule has 0 aromatic heterocycles. The van der Waals surface area contributed by atoms with Crippen molar-refractivity contribution in [1.82, 2.24) is 0 Å². The van der Waals surface area contributed by atoms with Crippen molar-refractivity contribution in [3.63, 3.8) is 0 Å². The number of ketones is 1. The monoisotopic (exact) mass is 192 g/mol. The van der Waals surface area contributed by atoms with Crippen molar-refractivity contribution in [2.75, 3.05) is 6.61 Å². The number of hydrogen-bond donors (Lipinski definition) is 1. The number of aliphatic hydroxyl groups excluding tert-OH is 1. The first-order chi connectivity index (χ1) is 6.81. The lowest BCUT2D eigenvalue weighted by molar-refractivity contribution is -0.113. The molecule has 2 nitrogen and oxygen atoms in total. The molecule has 0 heterocycles. The van der Waals surface area contributed by atoms with Gasteiger partial charge in [-0.05, 0) is 25.2 Å². The van der Waals surface area contributed by atoms with E-state index < -0.39 is 0 Å². The highest BCUT2D eigenvalue weighted by Crippen LogP contribution is 1.96. The zero-order valence-electron chi connectivity index (χ0n) is 8.38. The Morgan fingerprint density at radius 1 is 1.14 bits per heavy atom. The van der Waals surface area contributed by atoms with Crippen molar-refractivity contribution in [1.29, 1.82) is 0 Å². The Labute approximate surface area is 85.7 Å². The third kappa shape index (κ3) is 8.84. The summed E-state index contributed by atoms with van der Waals surface area (Å²) in [5, 5.41) is 8.49. The molecule has 0 aliphatic carbocycles. The van der Waals surface area contributed by atoms with E-state index in [1.54, 1.807) is 0 Å². The Hall–Kier alpha value is -1.25. The summed E-state index contributed by atoms with van der Waals surface area (Å²) in [7, 11) is 0. The van der Waals surface area contributed by atoms with Crippen LogP contribution in [0, 0.1) is 24.2 Å². The van der Waals surface area contributed by atoms with Gasteiger partial charge in [0.1, 0.15) is 0 Å². The number of carbonyl (C=O) groups excluding carboxylic acids is 1. The summed E-state index contributed by atoms with van der Waals surface area (Å²) in [6, 6.07) is 0. The highest BCUT2D eigenvalue weighted by atomic mass is 16.2. The zero-order chi connectivity index (χ0) is 10.6. The molecule has 0 fully saturated rings. The number of carbonyl (C=O) groups is 1. The molecule has 1 N–H and O–H groups in total. The fraction of sp³-hybridized carbons (Fsp3) is 0.583. The minimum Gasteiger partial charge on any atom is -0.396 e. The number of terminal acetylenes is 1. The Morgan fingerprint density at radius 2 is 1.79 bits per heavy atom. The van der Waals surface area contributed by atoms with Gasteiger partial charge in [0.2, 0.25) is 5.78 Å². The van der Waals surface area contributed by atoms with E-state index in [1.165, 1.54) is 0 Å². The molecule has 0 atom stereocenters. The van der Waals surface area contributed by atoms with Crippen LogP contribution < -0.4 is 0 Å². The molecule has 0 saturated heterocycles. The van der Waals surface area contributed by atoms with Crippen LogP contribution in [0.4, 0.5) is 0 Å². The number of unbranched alkanes of at least 4 members (excludes halogenated alkanes) is 3. The van der Waals surface area contributed by atoms with E-state index in [1.807, 2.05) is 0 Å². The maximum absolute atomic E-state index is 10.7. The van der Waals surface area contributed by atoms with E-state index >= 15 is 0 Å². The Morgan fingerprint density at radius 3 is 2.36 bits per heavy atom. The summed E-state index contributed by atoms with van der Waals surface area (Å²) in [6.07, 6.45) is 9.39. The molecule has 0 rings (SSSR count). The van der Waals surface area contributed by atoms with Crippen LogP contribution in [0.25, 0.3) is 0 Å². The summed E-state index contributed by atoms with van der Waals surface area (Å²) >= 11 is 0. The van der Waals surface area contributed by atoms with E-state index in [0.717, 1.165) is 32.1 Å². The lowest BCUT2D eigenvalue weighted by Gasteiger charge is -1.89. The van der Waals surface area contributed by atoms with Crippen LogP contribution in [0.5, 0.6) is 0 Å². The van der Waals surface area contributed by atoms with Crippen LogP contribution in [-0.4, -0.2) is 17.5 Å². The summed E-state index contributed by atoms with van der Waals surface area (Å²) < 4.78 is 0. The second-order valence-corrected chi connectivity index (χ2v) is 2.96. The maximum atomic E-state index is 10.7. The minimum absolute atomic E-state index is 0.146. The van der Waals surface area contributed by atoms with Crippen molar-refractivity contribution in [2.24, 2.45) is 0 Å². The second-order valence-electron chi connectivity index (χ2n) is 2.96. The Balaban J connectivity index is 3.27. The summed E-state index contributed by atoms with van der Waals surface area (Å²) in [5.74, 6) is 7.88. The lowest BCUT2D eigenvalue weighted by Crippen LogP contribution is -1.90. The van der Waals surface area contributed by atoms with Gasteiger partial charge in [0.25, 0.3) is 0 Å². The smallest absolute Gasteiger partial charge is 0.205 e. The average Bonchev–Trinajstić information content (AvgIpc) is 2.21. The topological polar surface area (TPSA) is 37.3 Å². The molecule has 76 valence electrons. The quantitative estimate of drug-likeness (QED) is 0.393. The molecule has 0 aromatic rings. The van der Waals surface area contributed by atoms with Crippen LogP contribution in [0.15, 0.2) is 0 Å². The molecule has 14 heavy (non-hydrogen) atoms. The fourth-order valence-electron chi connectivity index (χ4n) is 0.911. The third-order valence-electron chi connectivity index (χ3n) is 1.70. The molecule has 0 aliphatic heterocycles. The van der Waals surface area contributed by atoms with Gasteiger partial charge in [-0.25, -0.2) is 0 Å². The van der Waals surface area contributed by atoms with E-state index in [0.29, 0.717) is 6.42 Å². The van der Waals surface area contributed by atoms with Gasteiger partial charge in [-0.1, -0.05) is 0 Å². The fourth-order valence-corrected chi connectivity index (χ4v) is 0.911. The molecule has 0 radical (unpaired) electrons. The van der Waals surface area contributed by atoms with Crippen molar-refractivity contribution >= 4 is 5.78 Å². The first-order valence-electron chi connectivity index (χ1n) is 4.87. The maximum Gasteiger partial charge on any atom is 0.205 e. The van der Waals surface area contributed by atoms with Crippen LogP contribution >= 0.6 is 0 Å². The molecule has 0 spiro atoms. The van der Waals surface area contributed by atoms with Gasteiger partial charge in [-0.2, -0.15) is 0 Å². The molecule has 0 aromatic carbocycles. The van der Waals surface area contributed by atoms with Crippen molar-refractivity contribution in [2.45, 2.75) is 38.5 Å². The predicted molar refractivity (Wildman–Crippen MR) is 56.4 cm³/mol. The minimum atomic E-state index is -0.146. The average molecular weight is 192 g/mol. The van der Waals surface area contributed by atoms with Gasteiger partial charge in [0.15, 0.2) is 0 Å². The zero-order valence-corrected chi connectivity index (χ0v) is 8.38. The second kappa shape index (κ2) is 9.84. The summed E-state index contributed by atoms with van der Waals surface area (Å²) in [5.41, 5.74) is 0. The molecule has 0 bridgehead atoms. The largest absolute Gasteiger partial charge is 0.396 e. The number of rotatable bonds is 6. The van der Waals surface area contributed by atoms with Crippen LogP contribution in [-0.2, 0) is 4.79 Å². The SMILES string of the molecule is C#CC(=O)CCCC#CCCCCO. The Bertz CT molecular complexity index is 250. The molecule has 2 heteroatoms. The third-order valence-corrected chi connectivity index (χ3v) is 1.70. The van der Waals surface area contributed by atoms with Gasteiger partial charge in [0.05, 0.1) is 0 Å². The first-order valence-corrected chi connectivity index (χ1v) is 4.87. The van der Waals surface area contributed by atoms with E-state index in [2.05, 4.69) is 17.8 Å². The molecule has 0 amide bonds. The van der Waals surface area contributed by atoms with Crippen molar-refractivity contribution < 1.29 is 9.90 Å². The number of hydrogen-bond acceptors (Lipinski definition) is 2. The van der Waals surface area contributed by atoms with Gasteiger partial charge >= 0.3 is 0 Å². The van der Waals surface area contributed by atoms with Gasteiger partial charge in [-0.15, -0.1) is 18.3 Å². The van der Waals surface area contributed by atoms with E-state index in [9.17, 15) is 4.79 Å². The summed E-state index contributed by atoms with van der Waals surface area (Å²) in [4.78, 5) is 10.7. The Kier molecular flexibility index (Phi) is 8.96. The van der Waals surface area contributed by atoms with Crippen molar-refractivity contribution in [3.05, 3.63) is 0 Å². The number of Topliss-reactive ketones (excluding diaryl/α,β-unsaturated/α-hetero) is 1. The standard InChI is InChI=1S/C12H16O2/c1-2-12(14)10-8-6-4-3-5-7-9-11-13/h1,13H,5-11H2. The van der Waals surface area contributed by atoms with Crippen LogP contribution in [0.3, 0.4) is 0 Å². The first kappa shape index (κ1) is 12.8. The van der Waals surface area contributed by atoms with Crippen LogP contribution in [0.1, 0.15) is 38.5 Å². The number of aliphatic hydroxyl groups is 1. The van der Waals surface area contributed by atoms with E-state index in [4.69, 9.17) is 11.5 Å². The summed E-state index contributed by atoms with van der Waals surface area (Å²) in [6.45, 7) is 0.234. The predicted octanol–water partition coefficient (Wildman–Crippen LogP) is 1.52. The molecule has 0 unspecified atom stereocenters. The van der Waals surface area contributed by atoms with E-state index in [-0.39, 0.29) is 12.4 Å². The molecular weight excluding hydrogens is 176 g/mol. The molecule has 0 aliphatic rings. The highest BCUT2D eigenvalue weighted by molar-refractivity contribution is 5.94. The van der Waals surface area contributed by atoms with Gasteiger partial charge in [-0.3, -0.25) is 4.79 Å². The lowest BCUT2D eigenvalue weighted by atomic mass is 10.2. The molecular formula is C12H16O2. The molecule has 0 saturated carbocycles. The van der Waals surface area contributed by atoms with Gasteiger partial charge < -0.3 is 5.11 Å².